The van der Waals surface area contributed by atoms with E-state index in [1.807, 2.05) is 24.3 Å². The van der Waals surface area contributed by atoms with Crippen LogP contribution in [0.1, 0.15) is 34.1 Å². The molecule has 0 radical (unpaired) electrons. The number of allylic oxidation sites excluding steroid dienone is 1. The second kappa shape index (κ2) is 13.5. The molecule has 0 saturated carbocycles. The largest absolute Gasteiger partial charge is 0.457 e. The van der Waals surface area contributed by atoms with Crippen LogP contribution in [0.5, 0.6) is 11.5 Å². The number of nitrogens with zero attached hydrogens (tertiary/aromatic N) is 1. The molecule has 0 aliphatic heterocycles. The van der Waals surface area contributed by atoms with Gasteiger partial charge in [-0.25, -0.2) is 4.98 Å². The van der Waals surface area contributed by atoms with Gasteiger partial charge in [-0.3, -0.25) is 0 Å². The molecule has 0 bridgehead atoms. The summed E-state index contributed by atoms with van der Waals surface area (Å²) < 4.78 is 6.39. The van der Waals surface area contributed by atoms with Gasteiger partial charge in [0.15, 0.2) is 0 Å². The van der Waals surface area contributed by atoms with Gasteiger partial charge in [0.1, 0.15) is 11.5 Å². The van der Waals surface area contributed by atoms with Crippen molar-refractivity contribution in [2.24, 2.45) is 0 Å². The highest BCUT2D eigenvalue weighted by Gasteiger charge is 2.43. The minimum absolute atomic E-state index is 0.210. The third-order valence-corrected chi connectivity index (χ3v) is 11.9. The molecule has 2 nitrogen and oxygen atoms in total. The molecule has 0 fully saturated rings. The third-order valence-electron chi connectivity index (χ3n) is 11.9. The Balaban J connectivity index is 0.897. The van der Waals surface area contributed by atoms with Crippen LogP contribution in [-0.2, 0) is 0 Å². The van der Waals surface area contributed by atoms with E-state index in [1.165, 1.54) is 55.3 Å². The molecule has 0 spiro atoms. The van der Waals surface area contributed by atoms with Crippen LogP contribution >= 0.6 is 0 Å². The molecule has 2 aliphatic rings. The van der Waals surface area contributed by atoms with Crippen LogP contribution in [0, 0.1) is 0 Å². The lowest BCUT2D eigenvalue weighted by atomic mass is 9.69. The fourth-order valence-electron chi connectivity index (χ4n) is 9.18. The number of pyridine rings is 1. The van der Waals surface area contributed by atoms with E-state index in [9.17, 15) is 0 Å². The summed E-state index contributed by atoms with van der Waals surface area (Å²) in [4.78, 5) is 5.09. The SMILES string of the molecule is C=C1c2ccccc2C2c3cc(-c4ccc(Oc5ccc(-c6cc(-c7ccccc7)cc(-c7ccccc7)n6)cc5)cc4)ccc3-c3c(ccc4ccccc34)C12. The van der Waals surface area contributed by atoms with Crippen molar-refractivity contribution in [2.75, 3.05) is 0 Å². The smallest absolute Gasteiger partial charge is 0.127 e. The molecule has 1 aromatic heterocycles. The Morgan fingerprint density at radius 3 is 1.70 bits per heavy atom. The molecule has 11 rings (SSSR count). The van der Waals surface area contributed by atoms with Crippen LogP contribution in [0.4, 0.5) is 0 Å². The van der Waals surface area contributed by atoms with Crippen LogP contribution in [-0.4, -0.2) is 4.98 Å². The van der Waals surface area contributed by atoms with Gasteiger partial charge in [-0.15, -0.1) is 0 Å². The summed E-state index contributed by atoms with van der Waals surface area (Å²) in [6.45, 7) is 4.69. The molecule has 0 N–H and O–H groups in total. The summed E-state index contributed by atoms with van der Waals surface area (Å²) in [5, 5.41) is 2.57. The standard InChI is InChI=1S/C55H37NO/c1-35-45-17-10-11-19-47(45)55-50-32-41(25-30-48(50)54-46-18-9-8-14-38(46)24-31-49(54)53(35)55)37-20-26-43(27-21-37)57-44-28-22-40(23-29-44)52-34-42(36-12-4-2-5-13-36)33-51(56-52)39-15-6-3-7-16-39/h2-34,53,55H,1H2. The number of rotatable bonds is 6. The maximum atomic E-state index is 6.39. The Bertz CT molecular complexity index is 2930. The molecule has 57 heavy (non-hydrogen) atoms. The lowest BCUT2D eigenvalue weighted by molar-refractivity contribution is 0.483. The van der Waals surface area contributed by atoms with Crippen LogP contribution in [0.2, 0.25) is 0 Å². The number of ether oxygens (including phenoxy) is 1. The summed E-state index contributed by atoms with van der Waals surface area (Å²) in [6.07, 6.45) is 0. The monoisotopic (exact) mass is 727 g/mol. The van der Waals surface area contributed by atoms with Crippen molar-refractivity contribution in [2.45, 2.75) is 11.8 Å². The maximum absolute atomic E-state index is 6.39. The first kappa shape index (κ1) is 33.1. The molecular formula is C55H37NO. The quantitative estimate of drug-likeness (QED) is 0.170. The van der Waals surface area contributed by atoms with Crippen LogP contribution in [0.25, 0.3) is 72.2 Å². The van der Waals surface area contributed by atoms with Gasteiger partial charge in [0.2, 0.25) is 0 Å². The highest BCUT2D eigenvalue weighted by molar-refractivity contribution is 6.03. The summed E-state index contributed by atoms with van der Waals surface area (Å²) >= 11 is 0. The van der Waals surface area contributed by atoms with Gasteiger partial charge in [0, 0.05) is 23.0 Å². The van der Waals surface area contributed by atoms with Gasteiger partial charge >= 0.3 is 0 Å². The van der Waals surface area contributed by atoms with Gasteiger partial charge in [0.05, 0.1) is 11.4 Å². The fraction of sp³-hybridized carbons (Fsp3) is 0.0364. The van der Waals surface area contributed by atoms with Gasteiger partial charge in [0.25, 0.3) is 0 Å². The Morgan fingerprint density at radius 1 is 0.386 bits per heavy atom. The highest BCUT2D eigenvalue weighted by Crippen LogP contribution is 2.61. The Kier molecular flexibility index (Phi) is 7.82. The van der Waals surface area contributed by atoms with Crippen LogP contribution in [0.3, 0.4) is 0 Å². The van der Waals surface area contributed by atoms with E-state index in [0.717, 1.165) is 50.7 Å². The first-order valence-corrected chi connectivity index (χ1v) is 19.6. The van der Waals surface area contributed by atoms with Gasteiger partial charge in [-0.05, 0) is 127 Å². The second-order valence-corrected chi connectivity index (χ2v) is 15.1. The van der Waals surface area contributed by atoms with Crippen LogP contribution < -0.4 is 4.74 Å². The maximum Gasteiger partial charge on any atom is 0.127 e. The molecule has 2 unspecified atom stereocenters. The molecule has 2 aliphatic carbocycles. The zero-order valence-corrected chi connectivity index (χ0v) is 31.3. The summed E-state index contributed by atoms with van der Waals surface area (Å²) in [7, 11) is 0. The molecule has 2 atom stereocenters. The first-order chi connectivity index (χ1) is 28.2. The molecule has 268 valence electrons. The van der Waals surface area contributed by atoms with E-state index in [1.54, 1.807) is 0 Å². The Morgan fingerprint density at radius 2 is 0.965 bits per heavy atom. The van der Waals surface area contributed by atoms with E-state index in [2.05, 4.69) is 183 Å². The molecule has 2 heteroatoms. The Hall–Kier alpha value is -7.29. The van der Waals surface area contributed by atoms with E-state index in [-0.39, 0.29) is 11.8 Å². The minimum Gasteiger partial charge on any atom is -0.457 e. The second-order valence-electron chi connectivity index (χ2n) is 15.1. The third kappa shape index (κ3) is 5.69. The topological polar surface area (TPSA) is 22.1 Å². The zero-order chi connectivity index (χ0) is 37.9. The molecular weight excluding hydrogens is 691 g/mol. The van der Waals surface area contributed by atoms with Crippen molar-refractivity contribution in [1.82, 2.24) is 4.98 Å². The summed E-state index contributed by atoms with van der Waals surface area (Å²) in [6, 6.07) is 71.2. The number of hydrogen-bond acceptors (Lipinski definition) is 2. The van der Waals surface area contributed by atoms with Crippen molar-refractivity contribution >= 4 is 16.3 Å². The van der Waals surface area contributed by atoms with E-state index >= 15 is 0 Å². The van der Waals surface area contributed by atoms with Crippen molar-refractivity contribution < 1.29 is 4.74 Å². The van der Waals surface area contributed by atoms with Gasteiger partial charge < -0.3 is 4.74 Å². The van der Waals surface area contributed by atoms with Gasteiger partial charge in [-0.1, -0.05) is 152 Å². The highest BCUT2D eigenvalue weighted by atomic mass is 16.5. The summed E-state index contributed by atoms with van der Waals surface area (Å²) in [5.74, 6) is 2.01. The van der Waals surface area contributed by atoms with Gasteiger partial charge in [-0.2, -0.15) is 0 Å². The van der Waals surface area contributed by atoms with Crippen molar-refractivity contribution in [3.05, 3.63) is 229 Å². The average Bonchev–Trinajstić information content (AvgIpc) is 3.59. The molecule has 0 saturated heterocycles. The van der Waals surface area contributed by atoms with Crippen molar-refractivity contribution in [3.63, 3.8) is 0 Å². The van der Waals surface area contributed by atoms with E-state index < -0.39 is 0 Å². The lowest BCUT2D eigenvalue weighted by Gasteiger charge is -2.33. The van der Waals surface area contributed by atoms with Crippen molar-refractivity contribution in [3.8, 4) is 67.4 Å². The molecule has 9 aromatic rings. The van der Waals surface area contributed by atoms with E-state index in [0.29, 0.717) is 0 Å². The predicted octanol–water partition coefficient (Wildman–Crippen LogP) is 14.6. The fourth-order valence-corrected chi connectivity index (χ4v) is 9.18. The zero-order valence-electron chi connectivity index (χ0n) is 31.3. The first-order valence-electron chi connectivity index (χ1n) is 19.6. The number of fused-ring (bicyclic) bond motifs is 10. The minimum atomic E-state index is 0.210. The summed E-state index contributed by atoms with van der Waals surface area (Å²) in [5.41, 5.74) is 17.9. The molecule has 8 aromatic carbocycles. The Labute approximate surface area is 333 Å². The van der Waals surface area contributed by atoms with Crippen molar-refractivity contribution in [1.29, 1.82) is 0 Å². The van der Waals surface area contributed by atoms with Crippen LogP contribution in [0.15, 0.2) is 207 Å². The predicted molar refractivity (Wildman–Crippen MR) is 235 cm³/mol. The lowest BCUT2D eigenvalue weighted by Crippen LogP contribution is -2.15. The number of benzene rings is 8. The average molecular weight is 728 g/mol. The molecule has 0 amide bonds. The molecule has 1 heterocycles. The van der Waals surface area contributed by atoms with E-state index in [4.69, 9.17) is 9.72 Å². The number of hydrogen-bond donors (Lipinski definition) is 0. The normalized spacial score (nSPS) is 15.1. The number of aromatic nitrogens is 1.